The summed E-state index contributed by atoms with van der Waals surface area (Å²) >= 11 is 3.16. The molecular weight excluding hydrogens is 390 g/mol. The van der Waals surface area contributed by atoms with Crippen molar-refractivity contribution in [2.24, 2.45) is 0 Å². The summed E-state index contributed by atoms with van der Waals surface area (Å²) in [7, 11) is 1.31. The van der Waals surface area contributed by atoms with Crippen LogP contribution in [-0.4, -0.2) is 84.4 Å². The van der Waals surface area contributed by atoms with Gasteiger partial charge in [0.15, 0.2) is 0 Å². The molecule has 0 radical (unpaired) electrons. The van der Waals surface area contributed by atoms with Crippen LogP contribution in [0.15, 0.2) is 0 Å². The van der Waals surface area contributed by atoms with Gasteiger partial charge in [0.25, 0.3) is 0 Å². The molecule has 0 aromatic carbocycles. The fourth-order valence-electron chi connectivity index (χ4n) is 3.15. The van der Waals surface area contributed by atoms with Gasteiger partial charge in [0.1, 0.15) is 18.1 Å². The van der Waals surface area contributed by atoms with Crippen LogP contribution in [0.5, 0.6) is 0 Å². The van der Waals surface area contributed by atoms with Crippen molar-refractivity contribution >= 4 is 47.7 Å². The smallest absolute Gasteiger partial charge is 0.328 e. The highest BCUT2D eigenvalue weighted by Crippen LogP contribution is 2.25. The Labute approximate surface area is 168 Å². The fourth-order valence-corrected chi connectivity index (χ4v) is 4.08. The van der Waals surface area contributed by atoms with Gasteiger partial charge in [0, 0.05) is 6.04 Å². The zero-order valence-corrected chi connectivity index (χ0v) is 17.9. The molecule has 0 aromatic heterocycles. The average molecular weight is 420 g/mol. The summed E-state index contributed by atoms with van der Waals surface area (Å²) < 4.78 is 4.87. The van der Waals surface area contributed by atoms with Crippen molar-refractivity contribution in [2.75, 3.05) is 31.1 Å². The van der Waals surface area contributed by atoms with Gasteiger partial charge in [-0.1, -0.05) is 0 Å². The first-order chi connectivity index (χ1) is 12.9. The quantitative estimate of drug-likeness (QED) is 0.345. The number of likely N-dealkylation sites (tertiary alicyclic amines) is 1. The third-order valence-corrected chi connectivity index (χ3v) is 5.81. The van der Waals surface area contributed by atoms with Crippen LogP contribution in [0.2, 0.25) is 0 Å². The minimum atomic E-state index is -0.709. The van der Waals surface area contributed by atoms with Crippen molar-refractivity contribution in [3.63, 3.8) is 0 Å². The first-order valence-corrected chi connectivity index (χ1v) is 11.6. The second kappa shape index (κ2) is 12.1. The van der Waals surface area contributed by atoms with E-state index in [0.717, 1.165) is 0 Å². The van der Waals surface area contributed by atoms with Gasteiger partial charge in [0.2, 0.25) is 18.2 Å². The van der Waals surface area contributed by atoms with Gasteiger partial charge < -0.3 is 20.3 Å². The molecule has 0 aromatic rings. The topological polar surface area (TPSA) is 105 Å². The van der Waals surface area contributed by atoms with Crippen LogP contribution in [-0.2, 0) is 23.9 Å². The number of hydrogen-bond acceptors (Lipinski definition) is 7. The van der Waals surface area contributed by atoms with Crippen molar-refractivity contribution in [1.29, 1.82) is 0 Å². The van der Waals surface area contributed by atoms with E-state index >= 15 is 0 Å². The Morgan fingerprint density at radius 1 is 1.30 bits per heavy atom. The van der Waals surface area contributed by atoms with Crippen molar-refractivity contribution < 1.29 is 23.9 Å². The largest absolute Gasteiger partial charge is 0.467 e. The predicted molar refractivity (Wildman–Crippen MR) is 108 cm³/mol. The second-order valence-corrected chi connectivity index (χ2v) is 8.30. The average Bonchev–Trinajstić information content (AvgIpc) is 2.92. The summed E-state index contributed by atoms with van der Waals surface area (Å²) in [6.07, 6.45) is 5.72. The molecule has 4 atom stereocenters. The first-order valence-electron chi connectivity index (χ1n) is 8.79. The molecule has 1 saturated heterocycles. The minimum absolute atomic E-state index is 0.197. The molecule has 0 spiro atoms. The summed E-state index contributed by atoms with van der Waals surface area (Å²) in [4.78, 5) is 49.8. The van der Waals surface area contributed by atoms with E-state index < -0.39 is 24.1 Å². The first kappa shape index (κ1) is 23.6. The standard InChI is InChI=1S/C17H29N3O5S2/c1-11-9-13(19-15(22)12(18-10-21)5-7-26-3)16(23)20(11)14(6-8-27-4)17(24)25-2/h10-14H,5-9H2,1-4H3,(H,18,21)(H,19,22)/t11?,12-,13-,14-/m0/s1. The molecule has 0 saturated carbocycles. The van der Waals surface area contributed by atoms with Gasteiger partial charge in [-0.3, -0.25) is 14.4 Å². The Morgan fingerprint density at radius 3 is 2.48 bits per heavy atom. The molecule has 2 N–H and O–H groups in total. The van der Waals surface area contributed by atoms with E-state index in [4.69, 9.17) is 4.74 Å². The highest BCUT2D eigenvalue weighted by Gasteiger charge is 2.44. The highest BCUT2D eigenvalue weighted by molar-refractivity contribution is 7.98. The Bertz CT molecular complexity index is 535. The maximum atomic E-state index is 12.9. The molecule has 1 unspecified atom stereocenters. The highest BCUT2D eigenvalue weighted by atomic mass is 32.2. The predicted octanol–water partition coefficient (Wildman–Crippen LogP) is 0.254. The van der Waals surface area contributed by atoms with Crippen LogP contribution in [0, 0.1) is 0 Å². The van der Waals surface area contributed by atoms with Crippen LogP contribution in [0.3, 0.4) is 0 Å². The van der Waals surface area contributed by atoms with Gasteiger partial charge in [-0.2, -0.15) is 23.5 Å². The summed E-state index contributed by atoms with van der Waals surface area (Å²) in [6, 6.07) is -2.25. The van der Waals surface area contributed by atoms with E-state index in [2.05, 4.69) is 10.6 Å². The van der Waals surface area contributed by atoms with Crippen molar-refractivity contribution in [3.8, 4) is 0 Å². The molecule has 1 aliphatic rings. The Morgan fingerprint density at radius 2 is 1.93 bits per heavy atom. The van der Waals surface area contributed by atoms with Crippen LogP contribution in [0.25, 0.3) is 0 Å². The number of carbonyl (C=O) groups is 4. The Kier molecular flexibility index (Phi) is 10.6. The third-order valence-electron chi connectivity index (χ3n) is 4.52. The zero-order chi connectivity index (χ0) is 20.4. The van der Waals surface area contributed by atoms with Gasteiger partial charge in [0.05, 0.1) is 7.11 Å². The van der Waals surface area contributed by atoms with E-state index in [1.807, 2.05) is 19.4 Å². The van der Waals surface area contributed by atoms with Gasteiger partial charge in [-0.05, 0) is 50.2 Å². The van der Waals surface area contributed by atoms with Crippen LogP contribution >= 0.6 is 23.5 Å². The molecule has 0 bridgehead atoms. The molecule has 27 heavy (non-hydrogen) atoms. The van der Waals surface area contributed by atoms with Crippen molar-refractivity contribution in [3.05, 3.63) is 0 Å². The lowest BCUT2D eigenvalue weighted by molar-refractivity contribution is -0.152. The van der Waals surface area contributed by atoms with E-state index in [1.54, 1.807) is 23.5 Å². The lowest BCUT2D eigenvalue weighted by Gasteiger charge is -2.29. The molecule has 10 heteroatoms. The van der Waals surface area contributed by atoms with Crippen LogP contribution in [0.1, 0.15) is 26.2 Å². The molecule has 154 valence electrons. The third kappa shape index (κ3) is 6.60. The SMILES string of the molecule is COC(=O)[C@H](CCSC)N1C(=O)[C@@H](NC(=O)[C@H](CCSC)NC=O)CC1C. The van der Waals surface area contributed by atoms with Crippen molar-refractivity contribution in [1.82, 2.24) is 15.5 Å². The number of methoxy groups -OCH3 is 1. The number of ether oxygens (including phenoxy) is 1. The molecule has 1 fully saturated rings. The zero-order valence-electron chi connectivity index (χ0n) is 16.2. The maximum absolute atomic E-state index is 12.9. The van der Waals surface area contributed by atoms with E-state index in [-0.39, 0.29) is 17.9 Å². The lowest BCUT2D eigenvalue weighted by Crippen LogP contribution is -2.52. The maximum Gasteiger partial charge on any atom is 0.328 e. The lowest BCUT2D eigenvalue weighted by atomic mass is 10.1. The van der Waals surface area contributed by atoms with Crippen molar-refractivity contribution in [2.45, 2.75) is 50.4 Å². The Hall–Kier alpha value is -1.42. The number of rotatable bonds is 12. The fraction of sp³-hybridized carbons (Fsp3) is 0.765. The summed E-state index contributed by atoms with van der Waals surface area (Å²) in [5.41, 5.74) is 0. The van der Waals surface area contributed by atoms with Gasteiger partial charge in [-0.15, -0.1) is 0 Å². The molecule has 3 amide bonds. The molecule has 0 aliphatic carbocycles. The summed E-state index contributed by atoms with van der Waals surface area (Å²) in [5.74, 6) is 0.299. The number of nitrogens with one attached hydrogen (secondary N) is 2. The number of thioether (sulfide) groups is 2. The van der Waals surface area contributed by atoms with E-state index in [1.165, 1.54) is 12.0 Å². The number of carbonyl (C=O) groups excluding carboxylic acids is 4. The number of nitrogens with zero attached hydrogens (tertiary/aromatic N) is 1. The van der Waals surface area contributed by atoms with Gasteiger partial charge in [-0.25, -0.2) is 4.79 Å². The summed E-state index contributed by atoms with van der Waals surface area (Å²) in [6.45, 7) is 1.86. The minimum Gasteiger partial charge on any atom is -0.467 e. The molecule has 1 aliphatic heterocycles. The Balaban J connectivity index is 2.84. The van der Waals surface area contributed by atoms with E-state index in [0.29, 0.717) is 37.2 Å². The second-order valence-electron chi connectivity index (χ2n) is 6.33. The number of esters is 1. The number of hydrogen-bond donors (Lipinski definition) is 2. The summed E-state index contributed by atoms with van der Waals surface area (Å²) in [5, 5.41) is 5.23. The van der Waals surface area contributed by atoms with E-state index in [9.17, 15) is 19.2 Å². The van der Waals surface area contributed by atoms with Gasteiger partial charge >= 0.3 is 5.97 Å². The van der Waals surface area contributed by atoms with Crippen LogP contribution in [0.4, 0.5) is 0 Å². The molecule has 1 rings (SSSR count). The number of amides is 3. The molecular formula is C17H29N3O5S2. The molecule has 1 heterocycles. The molecule has 8 nitrogen and oxygen atoms in total. The van der Waals surface area contributed by atoms with Crippen LogP contribution < -0.4 is 10.6 Å². The monoisotopic (exact) mass is 419 g/mol. The normalized spacial score (nSPS) is 21.5.